The molecule has 1 aromatic rings. The largest absolute Gasteiger partial charge is 0.230 e. The summed E-state index contributed by atoms with van der Waals surface area (Å²) in [6, 6.07) is 0. The third kappa shape index (κ3) is 2.45. The average molecular weight is 245 g/mol. The number of hydrogen-bond acceptors (Lipinski definition) is 3. The first-order chi connectivity index (χ1) is 5.84. The lowest BCUT2D eigenvalue weighted by Gasteiger charge is -1.96. The summed E-state index contributed by atoms with van der Waals surface area (Å²) < 4.78 is 0.943. The second-order valence-corrected chi connectivity index (χ2v) is 4.84. The Morgan fingerprint density at radius 1 is 1.42 bits per heavy atom. The fourth-order valence-electron chi connectivity index (χ4n) is 0.852. The highest BCUT2D eigenvalue weighted by molar-refractivity contribution is 9.10. The van der Waals surface area contributed by atoms with Gasteiger partial charge in [-0.05, 0) is 34.7 Å². The van der Waals surface area contributed by atoms with Gasteiger partial charge in [0, 0.05) is 18.1 Å². The lowest BCUT2D eigenvalue weighted by Crippen LogP contribution is -1.87. The van der Waals surface area contributed by atoms with Crippen LogP contribution in [0.4, 0.5) is 0 Å². The first-order valence-corrected chi connectivity index (χ1v) is 5.73. The van der Waals surface area contributed by atoms with Crippen molar-refractivity contribution in [2.45, 2.75) is 18.0 Å². The maximum Gasteiger partial charge on any atom is 0.187 e. The Labute approximate surface area is 84.3 Å². The molecule has 1 fully saturated rings. The zero-order valence-corrected chi connectivity index (χ0v) is 8.94. The van der Waals surface area contributed by atoms with E-state index >= 15 is 0 Å². The number of aromatic nitrogens is 2. The highest BCUT2D eigenvalue weighted by Crippen LogP contribution is 2.33. The number of hydrogen-bond donors (Lipinski definition) is 0. The van der Waals surface area contributed by atoms with E-state index in [-0.39, 0.29) is 0 Å². The Hall–Kier alpha value is -0.0900. The fourth-order valence-corrected chi connectivity index (χ4v) is 2.03. The SMILES string of the molecule is Brc1cnc(SCC2CC2)nc1. The Morgan fingerprint density at radius 3 is 2.67 bits per heavy atom. The molecule has 0 unspecified atom stereocenters. The van der Waals surface area contributed by atoms with Crippen LogP contribution in [-0.4, -0.2) is 15.7 Å². The third-order valence-corrected chi connectivity index (χ3v) is 3.26. The standard InChI is InChI=1S/C8H9BrN2S/c9-7-3-10-8(11-4-7)12-5-6-1-2-6/h3-4,6H,1-2,5H2. The molecule has 12 heavy (non-hydrogen) atoms. The van der Waals surface area contributed by atoms with Gasteiger partial charge in [-0.2, -0.15) is 0 Å². The molecule has 0 amide bonds. The molecule has 0 N–H and O–H groups in total. The average Bonchev–Trinajstić information content (AvgIpc) is 2.87. The van der Waals surface area contributed by atoms with Gasteiger partial charge in [0.2, 0.25) is 0 Å². The van der Waals surface area contributed by atoms with Gasteiger partial charge in [0.05, 0.1) is 4.47 Å². The van der Waals surface area contributed by atoms with Crippen LogP contribution in [0.15, 0.2) is 22.0 Å². The van der Waals surface area contributed by atoms with Crippen LogP contribution < -0.4 is 0 Å². The van der Waals surface area contributed by atoms with Gasteiger partial charge in [0.1, 0.15) is 0 Å². The van der Waals surface area contributed by atoms with Gasteiger partial charge < -0.3 is 0 Å². The fraction of sp³-hybridized carbons (Fsp3) is 0.500. The van der Waals surface area contributed by atoms with E-state index in [1.165, 1.54) is 18.6 Å². The van der Waals surface area contributed by atoms with E-state index in [0.717, 1.165) is 15.5 Å². The van der Waals surface area contributed by atoms with Crippen LogP contribution in [0.2, 0.25) is 0 Å². The highest BCUT2D eigenvalue weighted by Gasteiger charge is 2.21. The molecule has 1 aliphatic carbocycles. The summed E-state index contributed by atoms with van der Waals surface area (Å²) in [7, 11) is 0. The maximum absolute atomic E-state index is 4.18. The number of nitrogens with zero attached hydrogens (tertiary/aromatic N) is 2. The first-order valence-electron chi connectivity index (χ1n) is 3.95. The lowest BCUT2D eigenvalue weighted by atomic mass is 10.5. The van der Waals surface area contributed by atoms with Crippen molar-refractivity contribution in [3.8, 4) is 0 Å². The molecular weight excluding hydrogens is 236 g/mol. The van der Waals surface area contributed by atoms with Crippen molar-refractivity contribution in [2.24, 2.45) is 5.92 Å². The Bertz CT molecular complexity index is 258. The summed E-state index contributed by atoms with van der Waals surface area (Å²) in [6.45, 7) is 0. The topological polar surface area (TPSA) is 25.8 Å². The van der Waals surface area contributed by atoms with Crippen LogP contribution in [0.1, 0.15) is 12.8 Å². The maximum atomic E-state index is 4.18. The minimum atomic E-state index is 0.894. The molecule has 1 aromatic heterocycles. The lowest BCUT2D eigenvalue weighted by molar-refractivity contribution is 0.939. The van der Waals surface area contributed by atoms with Crippen LogP contribution in [0, 0.1) is 5.92 Å². The van der Waals surface area contributed by atoms with Crippen molar-refractivity contribution in [3.05, 3.63) is 16.9 Å². The summed E-state index contributed by atoms with van der Waals surface area (Å²) >= 11 is 5.06. The predicted octanol–water partition coefficient (Wildman–Crippen LogP) is 2.74. The quantitative estimate of drug-likeness (QED) is 0.604. The minimum Gasteiger partial charge on any atom is -0.230 e. The van der Waals surface area contributed by atoms with E-state index in [1.54, 1.807) is 24.2 Å². The molecule has 0 aromatic carbocycles. The van der Waals surface area contributed by atoms with E-state index in [9.17, 15) is 0 Å². The van der Waals surface area contributed by atoms with Gasteiger partial charge in [-0.3, -0.25) is 0 Å². The number of halogens is 1. The Balaban J connectivity index is 1.89. The smallest absolute Gasteiger partial charge is 0.187 e. The zero-order chi connectivity index (χ0) is 8.39. The van der Waals surface area contributed by atoms with E-state index in [0.29, 0.717) is 0 Å². The normalized spacial score (nSPS) is 16.4. The second kappa shape index (κ2) is 3.75. The van der Waals surface area contributed by atoms with Crippen LogP contribution >= 0.6 is 27.7 Å². The zero-order valence-electron chi connectivity index (χ0n) is 6.53. The molecule has 2 nitrogen and oxygen atoms in total. The van der Waals surface area contributed by atoms with Crippen LogP contribution in [0.5, 0.6) is 0 Å². The molecule has 0 spiro atoms. The van der Waals surface area contributed by atoms with Crippen molar-refractivity contribution in [2.75, 3.05) is 5.75 Å². The Morgan fingerprint density at radius 2 is 2.08 bits per heavy atom. The Kier molecular flexibility index (Phi) is 2.66. The molecule has 0 radical (unpaired) electrons. The van der Waals surface area contributed by atoms with Crippen molar-refractivity contribution in [3.63, 3.8) is 0 Å². The third-order valence-electron chi connectivity index (χ3n) is 1.74. The van der Waals surface area contributed by atoms with E-state index in [1.807, 2.05) is 0 Å². The minimum absolute atomic E-state index is 0.894. The van der Waals surface area contributed by atoms with Gasteiger partial charge in [-0.25, -0.2) is 9.97 Å². The summed E-state index contributed by atoms with van der Waals surface area (Å²) in [5.74, 6) is 2.11. The van der Waals surface area contributed by atoms with E-state index in [2.05, 4.69) is 25.9 Å². The number of thioether (sulfide) groups is 1. The molecule has 64 valence electrons. The van der Waals surface area contributed by atoms with Crippen LogP contribution in [0.25, 0.3) is 0 Å². The summed E-state index contributed by atoms with van der Waals surface area (Å²) in [5.41, 5.74) is 0. The van der Waals surface area contributed by atoms with Crippen LogP contribution in [-0.2, 0) is 0 Å². The monoisotopic (exact) mass is 244 g/mol. The summed E-state index contributed by atoms with van der Waals surface area (Å²) in [5, 5.41) is 0.894. The second-order valence-electron chi connectivity index (χ2n) is 2.94. The van der Waals surface area contributed by atoms with Crippen molar-refractivity contribution >= 4 is 27.7 Å². The molecule has 0 atom stereocenters. The van der Waals surface area contributed by atoms with Gasteiger partial charge in [-0.15, -0.1) is 0 Å². The van der Waals surface area contributed by atoms with Gasteiger partial charge in [0.15, 0.2) is 5.16 Å². The summed E-state index contributed by atoms with van der Waals surface area (Å²) in [6.07, 6.45) is 6.37. The predicted molar refractivity (Wildman–Crippen MR) is 53.2 cm³/mol. The molecule has 0 bridgehead atoms. The van der Waals surface area contributed by atoms with Gasteiger partial charge >= 0.3 is 0 Å². The molecule has 4 heteroatoms. The molecule has 2 rings (SSSR count). The molecule has 1 heterocycles. The molecular formula is C8H9BrN2S. The molecule has 1 aliphatic rings. The first kappa shape index (κ1) is 8.51. The van der Waals surface area contributed by atoms with Gasteiger partial charge in [-0.1, -0.05) is 11.8 Å². The highest BCUT2D eigenvalue weighted by atomic mass is 79.9. The van der Waals surface area contributed by atoms with Crippen LogP contribution in [0.3, 0.4) is 0 Å². The molecule has 0 aliphatic heterocycles. The van der Waals surface area contributed by atoms with Crippen molar-refractivity contribution in [1.82, 2.24) is 9.97 Å². The number of rotatable bonds is 3. The van der Waals surface area contributed by atoms with E-state index < -0.39 is 0 Å². The van der Waals surface area contributed by atoms with Crippen molar-refractivity contribution in [1.29, 1.82) is 0 Å². The van der Waals surface area contributed by atoms with E-state index in [4.69, 9.17) is 0 Å². The summed E-state index contributed by atoms with van der Waals surface area (Å²) in [4.78, 5) is 8.37. The molecule has 1 saturated carbocycles. The van der Waals surface area contributed by atoms with Gasteiger partial charge in [0.25, 0.3) is 0 Å². The van der Waals surface area contributed by atoms with Crippen molar-refractivity contribution < 1.29 is 0 Å². The molecule has 0 saturated heterocycles.